The van der Waals surface area contributed by atoms with E-state index >= 15 is 0 Å². The molecule has 5 nitrogen and oxygen atoms in total. The number of amides is 1. The predicted molar refractivity (Wildman–Crippen MR) is 60.5 cm³/mol. The third-order valence-corrected chi connectivity index (χ3v) is 1.68. The molecule has 0 aromatic heterocycles. The van der Waals surface area contributed by atoms with Gasteiger partial charge in [-0.2, -0.15) is 0 Å². The first-order valence-electron chi connectivity index (χ1n) is 4.61. The Labute approximate surface area is 88.4 Å². The summed E-state index contributed by atoms with van der Waals surface area (Å²) in [5.74, 6) is 0. The van der Waals surface area contributed by atoms with E-state index in [2.05, 4.69) is 5.32 Å². The number of rotatable bonds is 2. The largest absolute Gasteiger partial charge is 0.447 e. The second kappa shape index (κ2) is 4.54. The van der Waals surface area contributed by atoms with Crippen molar-refractivity contribution in [2.45, 2.75) is 20.0 Å². The molecule has 0 aliphatic heterocycles. The van der Waals surface area contributed by atoms with Crippen molar-refractivity contribution in [1.29, 1.82) is 0 Å². The Kier molecular flexibility index (Phi) is 3.38. The third kappa shape index (κ3) is 3.38. The summed E-state index contributed by atoms with van der Waals surface area (Å²) in [6, 6.07) is 4.87. The predicted octanol–water partition coefficient (Wildman–Crippen LogP) is 1.81. The standard InChI is InChI=1S/C10H15N3O2/c1-6(2)15-10(14)13-7-3-4-8(11)9(12)5-7/h3-6H,11-12H2,1-2H3,(H,13,14). The average Bonchev–Trinajstić information content (AvgIpc) is 2.10. The third-order valence-electron chi connectivity index (χ3n) is 1.68. The van der Waals surface area contributed by atoms with Crippen LogP contribution in [0.4, 0.5) is 21.9 Å². The molecule has 0 heterocycles. The smallest absolute Gasteiger partial charge is 0.411 e. The lowest BCUT2D eigenvalue weighted by atomic mass is 10.2. The van der Waals surface area contributed by atoms with E-state index in [0.29, 0.717) is 17.1 Å². The lowest BCUT2D eigenvalue weighted by Gasteiger charge is -2.10. The van der Waals surface area contributed by atoms with Gasteiger partial charge >= 0.3 is 6.09 Å². The van der Waals surface area contributed by atoms with Gasteiger partial charge in [0.25, 0.3) is 0 Å². The molecule has 15 heavy (non-hydrogen) atoms. The molecule has 0 atom stereocenters. The number of nitrogens with one attached hydrogen (secondary N) is 1. The summed E-state index contributed by atoms with van der Waals surface area (Å²) in [5.41, 5.74) is 12.6. The summed E-state index contributed by atoms with van der Waals surface area (Å²) in [6.07, 6.45) is -0.662. The Balaban J connectivity index is 2.65. The monoisotopic (exact) mass is 209 g/mol. The van der Waals surface area contributed by atoms with Gasteiger partial charge in [0, 0.05) is 5.69 Å². The fourth-order valence-corrected chi connectivity index (χ4v) is 1.01. The highest BCUT2D eigenvalue weighted by Gasteiger charge is 2.05. The highest BCUT2D eigenvalue weighted by atomic mass is 16.6. The molecule has 0 bridgehead atoms. The van der Waals surface area contributed by atoms with Gasteiger partial charge in [0.15, 0.2) is 0 Å². The molecule has 0 fully saturated rings. The molecule has 0 aliphatic carbocycles. The maximum Gasteiger partial charge on any atom is 0.411 e. The Bertz CT molecular complexity index is 364. The van der Waals surface area contributed by atoms with Crippen LogP contribution >= 0.6 is 0 Å². The zero-order valence-corrected chi connectivity index (χ0v) is 8.78. The van der Waals surface area contributed by atoms with Gasteiger partial charge in [0.05, 0.1) is 17.5 Å². The Morgan fingerprint density at radius 1 is 1.33 bits per heavy atom. The first-order valence-corrected chi connectivity index (χ1v) is 4.61. The number of nitrogen functional groups attached to an aromatic ring is 2. The second-order valence-electron chi connectivity index (χ2n) is 3.42. The fourth-order valence-electron chi connectivity index (χ4n) is 1.01. The number of hydrogen-bond donors (Lipinski definition) is 3. The zero-order chi connectivity index (χ0) is 11.4. The SMILES string of the molecule is CC(C)OC(=O)Nc1ccc(N)c(N)c1. The normalized spacial score (nSPS) is 10.1. The molecule has 1 rings (SSSR count). The molecule has 0 radical (unpaired) electrons. The molecule has 0 aliphatic rings. The molecule has 5 N–H and O–H groups in total. The van der Waals surface area contributed by atoms with Crippen molar-refractivity contribution < 1.29 is 9.53 Å². The van der Waals surface area contributed by atoms with E-state index in [4.69, 9.17) is 16.2 Å². The number of anilines is 3. The van der Waals surface area contributed by atoms with Crippen LogP contribution < -0.4 is 16.8 Å². The van der Waals surface area contributed by atoms with Gasteiger partial charge in [-0.3, -0.25) is 5.32 Å². The van der Waals surface area contributed by atoms with Crippen LogP contribution in [0.3, 0.4) is 0 Å². The van der Waals surface area contributed by atoms with Crippen molar-refractivity contribution in [3.63, 3.8) is 0 Å². The van der Waals surface area contributed by atoms with Crippen molar-refractivity contribution in [2.75, 3.05) is 16.8 Å². The van der Waals surface area contributed by atoms with E-state index in [9.17, 15) is 4.79 Å². The topological polar surface area (TPSA) is 90.4 Å². The minimum atomic E-state index is -0.505. The number of carbonyl (C=O) groups is 1. The lowest BCUT2D eigenvalue weighted by molar-refractivity contribution is 0.130. The highest BCUT2D eigenvalue weighted by molar-refractivity contribution is 5.86. The lowest BCUT2D eigenvalue weighted by Crippen LogP contribution is -2.18. The van der Waals surface area contributed by atoms with Gasteiger partial charge in [-0.15, -0.1) is 0 Å². The highest BCUT2D eigenvalue weighted by Crippen LogP contribution is 2.19. The van der Waals surface area contributed by atoms with Crippen LogP contribution in [0, 0.1) is 0 Å². The molecule has 5 heteroatoms. The van der Waals surface area contributed by atoms with Crippen molar-refractivity contribution in [3.05, 3.63) is 18.2 Å². The van der Waals surface area contributed by atoms with Crippen LogP contribution in [0.2, 0.25) is 0 Å². The number of nitrogens with two attached hydrogens (primary N) is 2. The first-order chi connectivity index (χ1) is 6.99. The number of hydrogen-bond acceptors (Lipinski definition) is 4. The van der Waals surface area contributed by atoms with Crippen molar-refractivity contribution in [2.24, 2.45) is 0 Å². The van der Waals surface area contributed by atoms with E-state index < -0.39 is 6.09 Å². The van der Waals surface area contributed by atoms with Crippen molar-refractivity contribution in [1.82, 2.24) is 0 Å². The summed E-state index contributed by atoms with van der Waals surface area (Å²) in [6.45, 7) is 3.55. The van der Waals surface area contributed by atoms with Gasteiger partial charge in [0.1, 0.15) is 0 Å². The van der Waals surface area contributed by atoms with Crippen LogP contribution in [0.1, 0.15) is 13.8 Å². The summed E-state index contributed by atoms with van der Waals surface area (Å²) in [7, 11) is 0. The first kappa shape index (κ1) is 11.2. The summed E-state index contributed by atoms with van der Waals surface area (Å²) < 4.78 is 4.90. The Morgan fingerprint density at radius 2 is 2.00 bits per heavy atom. The van der Waals surface area contributed by atoms with Crippen LogP contribution in [-0.2, 0) is 4.74 Å². The zero-order valence-electron chi connectivity index (χ0n) is 8.78. The molecule has 1 aromatic rings. The van der Waals surface area contributed by atoms with Gasteiger partial charge in [-0.1, -0.05) is 0 Å². The molecular weight excluding hydrogens is 194 g/mol. The maximum absolute atomic E-state index is 11.2. The number of ether oxygens (including phenoxy) is 1. The van der Waals surface area contributed by atoms with Crippen molar-refractivity contribution in [3.8, 4) is 0 Å². The van der Waals surface area contributed by atoms with Gasteiger partial charge in [0.2, 0.25) is 0 Å². The molecule has 1 aromatic carbocycles. The Hall–Kier alpha value is -1.91. The molecule has 0 unspecified atom stereocenters. The van der Waals surface area contributed by atoms with Crippen LogP contribution in [0.5, 0.6) is 0 Å². The van der Waals surface area contributed by atoms with E-state index in [0.717, 1.165) is 0 Å². The maximum atomic E-state index is 11.2. The molecule has 1 amide bonds. The van der Waals surface area contributed by atoms with Crippen LogP contribution in [0.25, 0.3) is 0 Å². The van der Waals surface area contributed by atoms with E-state index in [-0.39, 0.29) is 6.10 Å². The molecule has 0 spiro atoms. The fraction of sp³-hybridized carbons (Fsp3) is 0.300. The van der Waals surface area contributed by atoms with E-state index in [1.165, 1.54) is 0 Å². The summed E-state index contributed by atoms with van der Waals surface area (Å²) in [4.78, 5) is 11.2. The number of carbonyl (C=O) groups excluding carboxylic acids is 1. The van der Waals surface area contributed by atoms with E-state index in [1.54, 1.807) is 32.0 Å². The molecule has 0 saturated heterocycles. The molecule has 82 valence electrons. The molecular formula is C10H15N3O2. The van der Waals surface area contributed by atoms with Crippen LogP contribution in [0.15, 0.2) is 18.2 Å². The van der Waals surface area contributed by atoms with Gasteiger partial charge in [-0.05, 0) is 32.0 Å². The minimum absolute atomic E-state index is 0.156. The summed E-state index contributed by atoms with van der Waals surface area (Å²) >= 11 is 0. The molecule has 0 saturated carbocycles. The Morgan fingerprint density at radius 3 is 2.53 bits per heavy atom. The van der Waals surface area contributed by atoms with Crippen molar-refractivity contribution >= 4 is 23.2 Å². The van der Waals surface area contributed by atoms with E-state index in [1.807, 2.05) is 0 Å². The average molecular weight is 209 g/mol. The number of benzene rings is 1. The second-order valence-corrected chi connectivity index (χ2v) is 3.42. The summed E-state index contributed by atoms with van der Waals surface area (Å²) in [5, 5.41) is 2.54. The van der Waals surface area contributed by atoms with Gasteiger partial charge < -0.3 is 16.2 Å². The minimum Gasteiger partial charge on any atom is -0.447 e. The van der Waals surface area contributed by atoms with Gasteiger partial charge in [-0.25, -0.2) is 4.79 Å². The quantitative estimate of drug-likeness (QED) is 0.648. The van der Waals surface area contributed by atoms with Crippen LogP contribution in [-0.4, -0.2) is 12.2 Å².